The zero-order chi connectivity index (χ0) is 17.6. The van der Waals surface area contributed by atoms with Crippen LogP contribution in [0.3, 0.4) is 0 Å². The van der Waals surface area contributed by atoms with Crippen molar-refractivity contribution in [2.75, 3.05) is 0 Å². The van der Waals surface area contributed by atoms with Gasteiger partial charge in [-0.2, -0.15) is 0 Å². The topological polar surface area (TPSA) is 28.1 Å². The number of hydrogen-bond acceptors (Lipinski definition) is 1. The second kappa shape index (κ2) is 7.06. The van der Waals surface area contributed by atoms with Crippen molar-refractivity contribution in [3.05, 3.63) is 71.5 Å². The lowest BCUT2D eigenvalue weighted by Gasteiger charge is -2.15. The molecule has 1 aliphatic rings. The number of hydrogen-bond donors (Lipinski definition) is 1. The van der Waals surface area contributed by atoms with E-state index in [4.69, 9.17) is 0 Å². The smallest absolute Gasteiger partial charge is 0.121 e. The van der Waals surface area contributed by atoms with Gasteiger partial charge in [0, 0.05) is 5.57 Å². The summed E-state index contributed by atoms with van der Waals surface area (Å²) < 4.78 is 3.66. The SMILES string of the molecule is Cc1cc(C)c(/C(=C2/C=C(Br)C(Br)=N2)c2cc(Br)c(Br)[nH]2)c(C)c1. The first kappa shape index (κ1) is 18.4. The number of rotatable bonds is 2. The van der Waals surface area contributed by atoms with E-state index in [1.54, 1.807) is 0 Å². The van der Waals surface area contributed by atoms with Gasteiger partial charge in [-0.1, -0.05) is 17.7 Å². The molecule has 124 valence electrons. The van der Waals surface area contributed by atoms with E-state index in [-0.39, 0.29) is 0 Å². The van der Waals surface area contributed by atoms with Crippen LogP contribution in [0.5, 0.6) is 0 Å². The first-order valence-electron chi connectivity index (χ1n) is 7.26. The summed E-state index contributed by atoms with van der Waals surface area (Å²) in [5.74, 6) is 0. The van der Waals surface area contributed by atoms with Gasteiger partial charge >= 0.3 is 0 Å². The molecule has 0 saturated heterocycles. The van der Waals surface area contributed by atoms with E-state index >= 15 is 0 Å². The number of aromatic amines is 1. The Hall–Kier alpha value is -0.430. The van der Waals surface area contributed by atoms with Gasteiger partial charge in [0.1, 0.15) is 4.62 Å². The fourth-order valence-corrected chi connectivity index (χ4v) is 4.28. The molecule has 24 heavy (non-hydrogen) atoms. The summed E-state index contributed by atoms with van der Waals surface area (Å²) in [4.78, 5) is 8.09. The van der Waals surface area contributed by atoms with Crippen molar-refractivity contribution in [1.29, 1.82) is 0 Å². The van der Waals surface area contributed by atoms with Crippen LogP contribution >= 0.6 is 63.7 Å². The van der Waals surface area contributed by atoms with Crippen LogP contribution in [-0.2, 0) is 0 Å². The van der Waals surface area contributed by atoms with Crippen LogP contribution in [0.15, 0.2) is 48.5 Å². The standard InChI is InChI=1S/C18H14Br4N2/c1-8-4-9(2)15(10(3)5-8)16(13-6-11(19)17(21)23-13)14-7-12(20)18(22)24-14/h4-7,23H,1-3H3/b16-14-. The Morgan fingerprint density at radius 2 is 1.58 bits per heavy atom. The molecule has 0 amide bonds. The maximum Gasteiger partial charge on any atom is 0.121 e. The molecule has 1 aromatic carbocycles. The van der Waals surface area contributed by atoms with Gasteiger partial charge in [-0.05, 0) is 113 Å². The third-order valence-electron chi connectivity index (χ3n) is 3.86. The maximum atomic E-state index is 4.69. The number of halogens is 4. The van der Waals surface area contributed by atoms with E-state index in [0.29, 0.717) is 0 Å². The zero-order valence-electron chi connectivity index (χ0n) is 13.3. The molecule has 0 saturated carbocycles. The Balaban J connectivity index is 2.36. The van der Waals surface area contributed by atoms with Crippen LogP contribution in [0.2, 0.25) is 0 Å². The number of aryl methyl sites for hydroxylation is 3. The van der Waals surface area contributed by atoms with Gasteiger partial charge in [0.25, 0.3) is 0 Å². The monoisotopic (exact) mass is 574 g/mol. The number of nitrogens with one attached hydrogen (secondary N) is 1. The van der Waals surface area contributed by atoms with Crippen LogP contribution in [0.4, 0.5) is 0 Å². The first-order chi connectivity index (χ1) is 11.3. The summed E-state index contributed by atoms with van der Waals surface area (Å²) in [6.07, 6.45) is 2.04. The number of H-pyrrole nitrogens is 1. The Labute approximate surface area is 175 Å². The van der Waals surface area contributed by atoms with Gasteiger partial charge in [-0.25, -0.2) is 4.99 Å². The van der Waals surface area contributed by atoms with Crippen molar-refractivity contribution >= 4 is 73.9 Å². The molecular weight excluding hydrogens is 564 g/mol. The lowest BCUT2D eigenvalue weighted by molar-refractivity contribution is 1.24. The minimum absolute atomic E-state index is 0.808. The van der Waals surface area contributed by atoms with Gasteiger partial charge < -0.3 is 4.98 Å². The molecule has 0 radical (unpaired) electrons. The van der Waals surface area contributed by atoms with E-state index in [1.807, 2.05) is 6.08 Å². The lowest BCUT2D eigenvalue weighted by atomic mass is 9.91. The van der Waals surface area contributed by atoms with Crippen molar-refractivity contribution in [3.63, 3.8) is 0 Å². The third-order valence-corrected chi connectivity index (χ3v) is 7.38. The Bertz CT molecular complexity index is 870. The average Bonchev–Trinajstić information content (AvgIpc) is 2.97. The van der Waals surface area contributed by atoms with Crippen LogP contribution in [0.1, 0.15) is 27.9 Å². The highest BCUT2D eigenvalue weighted by molar-refractivity contribution is 9.21. The quantitative estimate of drug-likeness (QED) is 0.388. The lowest BCUT2D eigenvalue weighted by Crippen LogP contribution is -1.99. The first-order valence-corrected chi connectivity index (χ1v) is 10.4. The predicted molar refractivity (Wildman–Crippen MR) is 116 cm³/mol. The Morgan fingerprint density at radius 3 is 2.04 bits per heavy atom. The summed E-state index contributed by atoms with van der Waals surface area (Å²) in [5.41, 5.74) is 7.97. The molecule has 0 fully saturated rings. The second-order valence-corrected chi connectivity index (χ2v) is 9.03. The molecule has 0 spiro atoms. The Morgan fingerprint density at radius 1 is 0.958 bits per heavy atom. The van der Waals surface area contributed by atoms with Gasteiger partial charge in [-0.3, -0.25) is 0 Å². The molecule has 1 N–H and O–H groups in total. The summed E-state index contributed by atoms with van der Waals surface area (Å²) in [6, 6.07) is 6.50. The van der Waals surface area contributed by atoms with E-state index in [0.717, 1.165) is 35.1 Å². The molecule has 0 aliphatic carbocycles. The minimum Gasteiger partial charge on any atom is -0.348 e. The maximum absolute atomic E-state index is 4.69. The molecule has 2 nitrogen and oxygen atoms in total. The van der Waals surface area contributed by atoms with Crippen molar-refractivity contribution in [2.45, 2.75) is 20.8 Å². The third kappa shape index (κ3) is 3.43. The van der Waals surface area contributed by atoms with Crippen molar-refractivity contribution in [2.24, 2.45) is 4.99 Å². The van der Waals surface area contributed by atoms with Crippen molar-refractivity contribution in [3.8, 4) is 0 Å². The second-order valence-electron chi connectivity index (χ2n) is 5.77. The molecule has 2 heterocycles. The molecule has 0 bridgehead atoms. The molecule has 0 unspecified atom stereocenters. The van der Waals surface area contributed by atoms with Crippen LogP contribution in [-0.4, -0.2) is 9.60 Å². The molecule has 2 aromatic rings. The molecule has 3 rings (SSSR count). The van der Waals surface area contributed by atoms with E-state index in [2.05, 4.69) is 113 Å². The number of aromatic nitrogens is 1. The zero-order valence-corrected chi connectivity index (χ0v) is 19.6. The molecule has 6 heteroatoms. The van der Waals surface area contributed by atoms with Gasteiger partial charge in [0.05, 0.1) is 24.9 Å². The number of nitrogens with zero attached hydrogens (tertiary/aromatic N) is 1. The van der Waals surface area contributed by atoms with Crippen LogP contribution in [0.25, 0.3) is 5.57 Å². The molecule has 1 aromatic heterocycles. The fourth-order valence-electron chi connectivity index (χ4n) is 3.01. The average molecular weight is 578 g/mol. The summed E-state index contributed by atoms with van der Waals surface area (Å²) in [6.45, 7) is 6.42. The van der Waals surface area contributed by atoms with Gasteiger partial charge in [-0.15, -0.1) is 0 Å². The van der Waals surface area contributed by atoms with Gasteiger partial charge in [0.2, 0.25) is 0 Å². The van der Waals surface area contributed by atoms with Crippen molar-refractivity contribution < 1.29 is 0 Å². The van der Waals surface area contributed by atoms with E-state index in [9.17, 15) is 0 Å². The van der Waals surface area contributed by atoms with Crippen LogP contribution in [0, 0.1) is 20.8 Å². The summed E-state index contributed by atoms with van der Waals surface area (Å²) in [5, 5.41) is 0. The predicted octanol–water partition coefficient (Wildman–Crippen LogP) is 7.31. The highest BCUT2D eigenvalue weighted by Crippen LogP contribution is 2.39. The van der Waals surface area contributed by atoms with Crippen molar-refractivity contribution in [1.82, 2.24) is 4.98 Å². The van der Waals surface area contributed by atoms with E-state index < -0.39 is 0 Å². The molecule has 1 aliphatic heterocycles. The molecule has 0 atom stereocenters. The van der Waals surface area contributed by atoms with Crippen LogP contribution < -0.4 is 0 Å². The normalized spacial score (nSPS) is 16.3. The number of allylic oxidation sites excluding steroid dienone is 2. The number of benzene rings is 1. The summed E-state index contributed by atoms with van der Waals surface area (Å²) >= 11 is 14.2. The Kier molecular flexibility index (Phi) is 5.40. The largest absolute Gasteiger partial charge is 0.348 e. The number of aliphatic imine (C=N–C) groups is 1. The highest BCUT2D eigenvalue weighted by Gasteiger charge is 2.21. The molecular formula is C18H14Br4N2. The highest BCUT2D eigenvalue weighted by atomic mass is 79.9. The van der Waals surface area contributed by atoms with Gasteiger partial charge in [0.15, 0.2) is 0 Å². The summed E-state index contributed by atoms with van der Waals surface area (Å²) in [7, 11) is 0. The minimum atomic E-state index is 0.808. The fraction of sp³-hybridized carbons (Fsp3) is 0.167. The van der Waals surface area contributed by atoms with E-state index in [1.165, 1.54) is 22.3 Å².